The van der Waals surface area contributed by atoms with Crippen LogP contribution in [0.2, 0.25) is 0 Å². The number of ether oxygens (including phenoxy) is 2. The lowest BCUT2D eigenvalue weighted by Crippen LogP contribution is -2.14. The smallest absolute Gasteiger partial charge is 0.234 e. The Labute approximate surface area is 174 Å². The molecule has 0 aliphatic carbocycles. The molecule has 3 aromatic rings. The van der Waals surface area contributed by atoms with Crippen molar-refractivity contribution in [3.05, 3.63) is 59.4 Å². The van der Waals surface area contributed by atoms with Gasteiger partial charge in [0.05, 0.1) is 12.4 Å². The van der Waals surface area contributed by atoms with Gasteiger partial charge in [-0.25, -0.2) is 4.98 Å². The third kappa shape index (κ3) is 5.99. The lowest BCUT2D eigenvalue weighted by atomic mass is 10.1. The van der Waals surface area contributed by atoms with E-state index in [9.17, 15) is 4.79 Å². The fraction of sp³-hybridized carbons (Fsp3) is 0.286. The zero-order valence-corrected chi connectivity index (χ0v) is 17.5. The zero-order chi connectivity index (χ0) is 20.6. The monoisotopic (exact) mass is 412 g/mol. The summed E-state index contributed by atoms with van der Waals surface area (Å²) in [5.74, 6) is 2.32. The molecule has 1 amide bonds. The molecule has 1 aromatic heterocycles. The molecule has 29 heavy (non-hydrogen) atoms. The van der Waals surface area contributed by atoms with Crippen molar-refractivity contribution in [3.63, 3.8) is 0 Å². The number of para-hydroxylation sites is 1. The largest absolute Gasteiger partial charge is 0.494 e. The number of nitrogens with zero attached hydrogens (tertiary/aromatic N) is 2. The molecule has 0 atom stereocenters. The van der Waals surface area contributed by atoms with E-state index in [4.69, 9.17) is 9.47 Å². The van der Waals surface area contributed by atoms with Crippen LogP contribution in [0.3, 0.4) is 0 Å². The van der Waals surface area contributed by atoms with E-state index in [0.717, 1.165) is 28.3 Å². The number of anilines is 1. The van der Waals surface area contributed by atoms with Crippen LogP contribution in [0.1, 0.15) is 23.9 Å². The molecule has 0 saturated heterocycles. The number of benzene rings is 2. The number of hydrogen-bond acceptors (Lipinski definition) is 6. The zero-order valence-electron chi connectivity index (χ0n) is 16.7. The van der Waals surface area contributed by atoms with Crippen molar-refractivity contribution in [2.45, 2.75) is 32.5 Å². The second kappa shape index (κ2) is 9.97. The molecular formula is C21H24N4O3S. The highest BCUT2D eigenvalue weighted by molar-refractivity contribution is 7.99. The van der Waals surface area contributed by atoms with Gasteiger partial charge in [-0.2, -0.15) is 0 Å². The minimum Gasteiger partial charge on any atom is -0.494 e. The summed E-state index contributed by atoms with van der Waals surface area (Å²) in [6, 6.07) is 13.3. The van der Waals surface area contributed by atoms with Gasteiger partial charge >= 0.3 is 0 Å². The molecule has 0 saturated carbocycles. The number of carbonyl (C=O) groups excluding carboxylic acids is 1. The summed E-state index contributed by atoms with van der Waals surface area (Å²) in [4.78, 5) is 16.5. The molecule has 8 heteroatoms. The Morgan fingerprint density at radius 1 is 1.10 bits per heavy atom. The van der Waals surface area contributed by atoms with E-state index in [1.807, 2.05) is 63.2 Å². The fourth-order valence-electron chi connectivity index (χ4n) is 2.70. The van der Waals surface area contributed by atoms with Gasteiger partial charge in [0.25, 0.3) is 0 Å². The SMILES string of the molecule is CCOc1ccc(NC(=O)CSc2n[nH]c(COc3c(C)cccc3C)n2)cc1. The number of H-pyrrole nitrogens is 1. The van der Waals surface area contributed by atoms with Gasteiger partial charge in [-0.1, -0.05) is 30.0 Å². The van der Waals surface area contributed by atoms with E-state index >= 15 is 0 Å². The van der Waals surface area contributed by atoms with E-state index in [1.54, 1.807) is 0 Å². The number of aromatic amines is 1. The molecule has 0 bridgehead atoms. The van der Waals surface area contributed by atoms with Gasteiger partial charge in [0.2, 0.25) is 11.1 Å². The predicted octanol–water partition coefficient (Wildman–Crippen LogP) is 4.13. The Morgan fingerprint density at radius 3 is 2.52 bits per heavy atom. The van der Waals surface area contributed by atoms with Gasteiger partial charge in [0.1, 0.15) is 18.1 Å². The molecule has 0 fully saturated rings. The number of aromatic nitrogens is 3. The molecule has 3 rings (SSSR count). The maximum Gasteiger partial charge on any atom is 0.234 e. The molecule has 152 valence electrons. The number of carbonyl (C=O) groups is 1. The topological polar surface area (TPSA) is 89.1 Å². The van der Waals surface area contributed by atoms with E-state index in [0.29, 0.717) is 17.6 Å². The Balaban J connectivity index is 1.46. The van der Waals surface area contributed by atoms with Gasteiger partial charge in [-0.05, 0) is 56.2 Å². The standard InChI is InChI=1S/C21H24N4O3S/c1-4-27-17-10-8-16(9-11-17)22-19(26)13-29-21-23-18(24-25-21)12-28-20-14(2)6-5-7-15(20)3/h5-11H,4,12-13H2,1-3H3,(H,22,26)(H,23,24,25). The van der Waals surface area contributed by atoms with Gasteiger partial charge in [0, 0.05) is 5.69 Å². The first-order valence-corrected chi connectivity index (χ1v) is 10.3. The summed E-state index contributed by atoms with van der Waals surface area (Å²) in [7, 11) is 0. The highest BCUT2D eigenvalue weighted by atomic mass is 32.2. The number of amides is 1. The number of thioether (sulfide) groups is 1. The average molecular weight is 413 g/mol. The van der Waals surface area contributed by atoms with Crippen LogP contribution in [0.5, 0.6) is 11.5 Å². The van der Waals surface area contributed by atoms with Crippen molar-refractivity contribution < 1.29 is 14.3 Å². The second-order valence-electron chi connectivity index (χ2n) is 6.37. The molecule has 2 aromatic carbocycles. The lowest BCUT2D eigenvalue weighted by Gasteiger charge is -2.10. The van der Waals surface area contributed by atoms with Crippen LogP contribution >= 0.6 is 11.8 Å². The lowest BCUT2D eigenvalue weighted by molar-refractivity contribution is -0.113. The van der Waals surface area contributed by atoms with Crippen LogP contribution in [0, 0.1) is 13.8 Å². The van der Waals surface area contributed by atoms with Crippen molar-refractivity contribution in [2.75, 3.05) is 17.7 Å². The number of aryl methyl sites for hydroxylation is 2. The summed E-state index contributed by atoms with van der Waals surface area (Å²) in [5.41, 5.74) is 2.87. The molecule has 1 heterocycles. The first-order chi connectivity index (χ1) is 14.0. The van der Waals surface area contributed by atoms with Crippen molar-refractivity contribution in [2.24, 2.45) is 0 Å². The highest BCUT2D eigenvalue weighted by Crippen LogP contribution is 2.23. The Morgan fingerprint density at radius 2 is 1.83 bits per heavy atom. The molecular weight excluding hydrogens is 388 g/mol. The maximum atomic E-state index is 12.1. The quantitative estimate of drug-likeness (QED) is 0.514. The number of hydrogen-bond donors (Lipinski definition) is 2. The van der Waals surface area contributed by atoms with Crippen molar-refractivity contribution in [1.82, 2.24) is 15.2 Å². The third-order valence-corrected chi connectivity index (χ3v) is 4.90. The summed E-state index contributed by atoms with van der Waals surface area (Å²) in [5, 5.41) is 10.3. The molecule has 0 aliphatic rings. The Bertz CT molecular complexity index is 937. The molecule has 0 aliphatic heterocycles. The van der Waals surface area contributed by atoms with Crippen LogP contribution in [0.15, 0.2) is 47.6 Å². The summed E-state index contributed by atoms with van der Waals surface area (Å²) in [6.45, 7) is 6.84. The van der Waals surface area contributed by atoms with Gasteiger partial charge in [-0.3, -0.25) is 9.89 Å². The summed E-state index contributed by atoms with van der Waals surface area (Å²) >= 11 is 1.26. The average Bonchev–Trinajstić information content (AvgIpc) is 3.16. The third-order valence-electron chi connectivity index (χ3n) is 4.05. The van der Waals surface area contributed by atoms with E-state index in [2.05, 4.69) is 20.5 Å². The fourth-order valence-corrected chi connectivity index (χ4v) is 3.32. The molecule has 0 spiro atoms. The van der Waals surface area contributed by atoms with Gasteiger partial charge in [-0.15, -0.1) is 5.10 Å². The van der Waals surface area contributed by atoms with Crippen molar-refractivity contribution in [3.8, 4) is 11.5 Å². The van der Waals surface area contributed by atoms with Crippen LogP contribution in [0.25, 0.3) is 0 Å². The highest BCUT2D eigenvalue weighted by Gasteiger charge is 2.10. The van der Waals surface area contributed by atoms with Crippen LogP contribution in [-0.2, 0) is 11.4 Å². The van der Waals surface area contributed by atoms with Crippen LogP contribution in [0.4, 0.5) is 5.69 Å². The molecule has 2 N–H and O–H groups in total. The number of nitrogens with one attached hydrogen (secondary N) is 2. The molecule has 7 nitrogen and oxygen atoms in total. The molecule has 0 unspecified atom stereocenters. The second-order valence-corrected chi connectivity index (χ2v) is 7.31. The van der Waals surface area contributed by atoms with Crippen molar-refractivity contribution >= 4 is 23.4 Å². The Hall–Kier alpha value is -3.00. The van der Waals surface area contributed by atoms with Crippen LogP contribution < -0.4 is 14.8 Å². The first-order valence-electron chi connectivity index (χ1n) is 9.31. The van der Waals surface area contributed by atoms with E-state index in [-0.39, 0.29) is 18.3 Å². The Kier molecular flexibility index (Phi) is 7.13. The van der Waals surface area contributed by atoms with E-state index in [1.165, 1.54) is 11.8 Å². The summed E-state index contributed by atoms with van der Waals surface area (Å²) in [6.07, 6.45) is 0. The van der Waals surface area contributed by atoms with Gasteiger partial charge < -0.3 is 14.8 Å². The minimum absolute atomic E-state index is 0.128. The predicted molar refractivity (Wildman–Crippen MR) is 114 cm³/mol. The number of rotatable bonds is 9. The summed E-state index contributed by atoms with van der Waals surface area (Å²) < 4.78 is 11.3. The first kappa shape index (κ1) is 20.7. The van der Waals surface area contributed by atoms with E-state index < -0.39 is 0 Å². The van der Waals surface area contributed by atoms with Crippen molar-refractivity contribution in [1.29, 1.82) is 0 Å². The minimum atomic E-state index is -0.128. The maximum absolute atomic E-state index is 12.1. The normalized spacial score (nSPS) is 10.6. The van der Waals surface area contributed by atoms with Crippen LogP contribution in [-0.4, -0.2) is 33.4 Å². The van der Waals surface area contributed by atoms with Gasteiger partial charge in [0.15, 0.2) is 5.82 Å². The molecule has 0 radical (unpaired) electrons.